The number of nitrogens with zero attached hydrogens (tertiary/aromatic N) is 3. The Morgan fingerprint density at radius 3 is 2.76 bits per heavy atom. The summed E-state index contributed by atoms with van der Waals surface area (Å²) < 4.78 is 1.71. The molecule has 3 aromatic rings. The fraction of sp³-hybridized carbons (Fsp3) is 0.440. The van der Waals surface area contributed by atoms with E-state index in [1.165, 1.54) is 28.6 Å². The summed E-state index contributed by atoms with van der Waals surface area (Å²) in [7, 11) is 0. The fourth-order valence-corrected chi connectivity index (χ4v) is 7.27. The van der Waals surface area contributed by atoms with E-state index in [2.05, 4.69) is 0 Å². The number of anilines is 1. The quantitative estimate of drug-likeness (QED) is 0.302. The lowest BCUT2D eigenvalue weighted by atomic mass is 9.97. The molecule has 1 aromatic carbocycles. The molecule has 6 nitrogen and oxygen atoms in total. The Morgan fingerprint density at radius 2 is 2.00 bits per heavy atom. The van der Waals surface area contributed by atoms with Crippen LogP contribution in [0, 0.1) is 0 Å². The van der Waals surface area contributed by atoms with E-state index in [1.807, 2.05) is 26.0 Å². The van der Waals surface area contributed by atoms with E-state index in [9.17, 15) is 14.4 Å². The summed E-state index contributed by atoms with van der Waals surface area (Å²) in [5.41, 5.74) is 3.78. The molecule has 1 aliphatic heterocycles. The first-order valence-corrected chi connectivity index (χ1v) is 13.3. The molecule has 0 spiro atoms. The summed E-state index contributed by atoms with van der Waals surface area (Å²) in [6.07, 6.45) is 5.03. The molecule has 5 rings (SSSR count). The number of aromatic nitrogens is 2. The minimum absolute atomic E-state index is 0.00606. The molecule has 2 aliphatic rings. The van der Waals surface area contributed by atoms with Crippen molar-refractivity contribution >= 4 is 50.7 Å². The van der Waals surface area contributed by atoms with Crippen LogP contribution in [0.25, 0.3) is 10.2 Å². The van der Waals surface area contributed by atoms with Crippen molar-refractivity contribution in [2.45, 2.75) is 69.8 Å². The SMILES string of the molecule is CCn1c(SC(C)C(=O)c2ccc3c(c2)CCN3C(C)=O)nc2sc3c(c2c1=O)CCCC3. The molecule has 1 amide bonds. The molecule has 3 heterocycles. The van der Waals surface area contributed by atoms with Gasteiger partial charge in [0.2, 0.25) is 5.91 Å². The van der Waals surface area contributed by atoms with Crippen molar-refractivity contribution in [3.8, 4) is 0 Å². The number of benzene rings is 1. The van der Waals surface area contributed by atoms with E-state index in [0.29, 0.717) is 23.8 Å². The first kappa shape index (κ1) is 22.3. The zero-order chi connectivity index (χ0) is 23.3. The van der Waals surface area contributed by atoms with E-state index in [4.69, 9.17) is 4.98 Å². The smallest absolute Gasteiger partial charge is 0.263 e. The molecule has 1 atom stereocenters. The predicted molar refractivity (Wildman–Crippen MR) is 134 cm³/mol. The average Bonchev–Trinajstić information content (AvgIpc) is 3.39. The second-order valence-corrected chi connectivity index (χ2v) is 11.1. The number of fused-ring (bicyclic) bond motifs is 4. The fourth-order valence-electron chi connectivity index (χ4n) is 4.92. The number of carbonyl (C=O) groups is 2. The Hall–Kier alpha value is -2.45. The summed E-state index contributed by atoms with van der Waals surface area (Å²) >= 11 is 3.00. The van der Waals surface area contributed by atoms with Gasteiger partial charge >= 0.3 is 0 Å². The molecular formula is C25H27N3O3S2. The standard InChI is InChI=1S/C25H27N3O3S2/c1-4-27-24(31)21-18-7-5-6-8-20(18)33-23(21)26-25(27)32-14(2)22(30)17-9-10-19-16(13-17)11-12-28(19)15(3)29/h9-10,13-14H,4-8,11-12H2,1-3H3. The minimum Gasteiger partial charge on any atom is -0.312 e. The molecule has 0 saturated heterocycles. The Morgan fingerprint density at radius 1 is 1.21 bits per heavy atom. The van der Waals surface area contributed by atoms with E-state index in [0.717, 1.165) is 47.2 Å². The lowest BCUT2D eigenvalue weighted by molar-refractivity contribution is -0.116. The molecule has 0 bridgehead atoms. The second kappa shape index (κ2) is 8.72. The number of carbonyl (C=O) groups excluding carboxylic acids is 2. The van der Waals surface area contributed by atoms with Gasteiger partial charge in [-0.2, -0.15) is 0 Å². The maximum absolute atomic E-state index is 13.3. The first-order valence-electron chi connectivity index (χ1n) is 11.6. The van der Waals surface area contributed by atoms with Crippen molar-refractivity contribution in [1.82, 2.24) is 9.55 Å². The van der Waals surface area contributed by atoms with Crippen LogP contribution >= 0.6 is 23.1 Å². The van der Waals surface area contributed by atoms with Crippen LogP contribution in [0.15, 0.2) is 28.2 Å². The topological polar surface area (TPSA) is 72.3 Å². The molecule has 172 valence electrons. The van der Waals surface area contributed by atoms with Gasteiger partial charge in [-0.3, -0.25) is 19.0 Å². The third-order valence-corrected chi connectivity index (χ3v) is 8.92. The lowest BCUT2D eigenvalue weighted by Gasteiger charge is -2.16. The Bertz CT molecular complexity index is 1340. The van der Waals surface area contributed by atoms with Gasteiger partial charge in [-0.1, -0.05) is 11.8 Å². The van der Waals surface area contributed by atoms with Crippen LogP contribution < -0.4 is 10.5 Å². The van der Waals surface area contributed by atoms with Crippen LogP contribution in [-0.4, -0.2) is 33.0 Å². The monoisotopic (exact) mass is 481 g/mol. The summed E-state index contributed by atoms with van der Waals surface area (Å²) in [5.74, 6) is 0.0255. The Labute approximate surface area is 201 Å². The van der Waals surface area contributed by atoms with E-state index >= 15 is 0 Å². The number of hydrogen-bond donors (Lipinski definition) is 0. The average molecular weight is 482 g/mol. The van der Waals surface area contributed by atoms with Crippen molar-refractivity contribution in [1.29, 1.82) is 0 Å². The van der Waals surface area contributed by atoms with Crippen LogP contribution in [0.3, 0.4) is 0 Å². The molecule has 0 N–H and O–H groups in total. The molecule has 0 saturated carbocycles. The minimum atomic E-state index is -0.384. The summed E-state index contributed by atoms with van der Waals surface area (Å²) in [4.78, 5) is 47.1. The van der Waals surface area contributed by atoms with E-state index in [1.54, 1.807) is 33.8 Å². The van der Waals surface area contributed by atoms with Crippen molar-refractivity contribution in [2.24, 2.45) is 0 Å². The molecular weight excluding hydrogens is 454 g/mol. The second-order valence-electron chi connectivity index (χ2n) is 8.72. The van der Waals surface area contributed by atoms with Crippen molar-refractivity contribution in [2.75, 3.05) is 11.4 Å². The maximum atomic E-state index is 13.3. The van der Waals surface area contributed by atoms with Gasteiger partial charge in [0.1, 0.15) is 4.83 Å². The molecule has 8 heteroatoms. The lowest BCUT2D eigenvalue weighted by Crippen LogP contribution is -2.25. The first-order chi connectivity index (χ1) is 15.9. The van der Waals surface area contributed by atoms with E-state index in [-0.39, 0.29) is 22.5 Å². The van der Waals surface area contributed by atoms with Gasteiger partial charge in [0.15, 0.2) is 10.9 Å². The molecule has 0 radical (unpaired) electrons. The highest BCUT2D eigenvalue weighted by atomic mass is 32.2. The molecule has 1 unspecified atom stereocenters. The van der Waals surface area contributed by atoms with Gasteiger partial charge in [0.05, 0.1) is 10.6 Å². The Balaban J connectivity index is 1.44. The van der Waals surface area contributed by atoms with Crippen molar-refractivity contribution in [3.05, 3.63) is 50.1 Å². The zero-order valence-corrected chi connectivity index (χ0v) is 20.8. The zero-order valence-electron chi connectivity index (χ0n) is 19.1. The van der Waals surface area contributed by atoms with Gasteiger partial charge in [-0.25, -0.2) is 4.98 Å². The number of thioether (sulfide) groups is 1. The molecule has 33 heavy (non-hydrogen) atoms. The predicted octanol–water partition coefficient (Wildman–Crippen LogP) is 4.63. The largest absolute Gasteiger partial charge is 0.312 e. The summed E-state index contributed by atoms with van der Waals surface area (Å²) in [6, 6.07) is 5.58. The van der Waals surface area contributed by atoms with Crippen LogP contribution in [-0.2, 0) is 30.6 Å². The third-order valence-electron chi connectivity index (χ3n) is 6.65. The van der Waals surface area contributed by atoms with Crippen molar-refractivity contribution < 1.29 is 9.59 Å². The number of thiophene rings is 1. The summed E-state index contributed by atoms with van der Waals surface area (Å²) in [5, 5.41) is 1.01. The Kier molecular flexibility index (Phi) is 5.91. The van der Waals surface area contributed by atoms with Crippen LogP contribution in [0.1, 0.15) is 60.0 Å². The van der Waals surface area contributed by atoms with Crippen LogP contribution in [0.5, 0.6) is 0 Å². The molecule has 2 aromatic heterocycles. The number of hydrogen-bond acceptors (Lipinski definition) is 6. The van der Waals surface area contributed by atoms with Gasteiger partial charge in [0.25, 0.3) is 5.56 Å². The highest BCUT2D eigenvalue weighted by Crippen LogP contribution is 2.36. The highest BCUT2D eigenvalue weighted by molar-refractivity contribution is 8.00. The number of Topliss-reactive ketones (excluding diaryl/α,β-unsaturated/α-hetero) is 1. The van der Waals surface area contributed by atoms with E-state index < -0.39 is 0 Å². The number of rotatable bonds is 5. The number of ketones is 1. The summed E-state index contributed by atoms with van der Waals surface area (Å²) in [6.45, 7) is 6.57. The molecule has 1 aliphatic carbocycles. The van der Waals surface area contributed by atoms with Crippen molar-refractivity contribution in [3.63, 3.8) is 0 Å². The number of amides is 1. The third kappa shape index (κ3) is 3.83. The van der Waals surface area contributed by atoms with Gasteiger partial charge in [-0.05, 0) is 75.3 Å². The highest BCUT2D eigenvalue weighted by Gasteiger charge is 2.27. The van der Waals surface area contributed by atoms with Crippen LogP contribution in [0.4, 0.5) is 5.69 Å². The van der Waals surface area contributed by atoms with Crippen LogP contribution in [0.2, 0.25) is 0 Å². The van der Waals surface area contributed by atoms with Gasteiger partial charge in [-0.15, -0.1) is 11.3 Å². The molecule has 0 fully saturated rings. The van der Waals surface area contributed by atoms with Gasteiger partial charge < -0.3 is 4.90 Å². The maximum Gasteiger partial charge on any atom is 0.263 e. The number of aryl methyl sites for hydroxylation is 2. The normalized spacial score (nSPS) is 16.0. The van der Waals surface area contributed by atoms with Gasteiger partial charge in [0, 0.05) is 36.1 Å².